The molecule has 1 N–H and O–H groups in total. The number of carbonyl (C=O) groups is 2. The third-order valence-electron chi connectivity index (χ3n) is 4.40. The predicted molar refractivity (Wildman–Crippen MR) is 96.3 cm³/mol. The molecule has 0 spiro atoms. The molecule has 3 rings (SSSR count). The number of hydrogen-bond donors (Lipinski definition) is 1. The van der Waals surface area contributed by atoms with Crippen LogP contribution < -0.4 is 10.1 Å². The van der Waals surface area contributed by atoms with Crippen molar-refractivity contribution >= 4 is 17.5 Å². The van der Waals surface area contributed by atoms with Gasteiger partial charge in [-0.2, -0.15) is 0 Å². The zero-order valence-electron chi connectivity index (χ0n) is 14.5. The number of nitrogens with zero attached hydrogens (tertiary/aromatic N) is 1. The molecular formula is C20H22N2O3. The molecule has 2 aromatic rings. The monoisotopic (exact) mass is 338 g/mol. The topological polar surface area (TPSA) is 58.6 Å². The number of carbonyl (C=O) groups excluding carboxylic acids is 2. The van der Waals surface area contributed by atoms with Crippen LogP contribution in [0.15, 0.2) is 48.5 Å². The summed E-state index contributed by atoms with van der Waals surface area (Å²) in [6, 6.07) is 15.3. The fourth-order valence-corrected chi connectivity index (χ4v) is 3.02. The number of likely N-dealkylation sites (tertiary alicyclic amines) is 1. The second kappa shape index (κ2) is 7.38. The smallest absolute Gasteiger partial charge is 0.229 e. The van der Waals surface area contributed by atoms with Gasteiger partial charge in [0.05, 0.1) is 13.0 Å². The second-order valence-electron chi connectivity index (χ2n) is 6.38. The van der Waals surface area contributed by atoms with Crippen LogP contribution in [0, 0.1) is 12.8 Å². The second-order valence-corrected chi connectivity index (χ2v) is 6.38. The van der Waals surface area contributed by atoms with Crippen molar-refractivity contribution in [2.45, 2.75) is 19.9 Å². The molecule has 1 aliphatic rings. The summed E-state index contributed by atoms with van der Waals surface area (Å²) >= 11 is 0. The molecule has 1 fully saturated rings. The molecule has 1 atom stereocenters. The fourth-order valence-electron chi connectivity index (χ4n) is 3.02. The lowest BCUT2D eigenvalue weighted by atomic mass is 10.1. The van der Waals surface area contributed by atoms with Crippen LogP contribution in [0.3, 0.4) is 0 Å². The fraction of sp³-hybridized carbons (Fsp3) is 0.300. The third-order valence-corrected chi connectivity index (χ3v) is 4.40. The minimum atomic E-state index is -0.314. The minimum Gasteiger partial charge on any atom is -0.497 e. The van der Waals surface area contributed by atoms with E-state index in [9.17, 15) is 9.59 Å². The number of benzene rings is 2. The van der Waals surface area contributed by atoms with Crippen LogP contribution in [0.5, 0.6) is 5.75 Å². The van der Waals surface area contributed by atoms with Gasteiger partial charge in [-0.1, -0.05) is 24.3 Å². The van der Waals surface area contributed by atoms with Crippen LogP contribution in [-0.2, 0) is 16.1 Å². The average Bonchev–Trinajstić information content (AvgIpc) is 2.96. The Morgan fingerprint density at radius 2 is 2.00 bits per heavy atom. The first-order valence-electron chi connectivity index (χ1n) is 8.33. The van der Waals surface area contributed by atoms with Crippen LogP contribution in [0.2, 0.25) is 0 Å². The normalized spacial score (nSPS) is 16.8. The highest BCUT2D eigenvalue weighted by Crippen LogP contribution is 2.23. The van der Waals surface area contributed by atoms with Crippen LogP contribution in [0.1, 0.15) is 17.5 Å². The molecule has 1 aliphatic heterocycles. The zero-order chi connectivity index (χ0) is 17.8. The number of nitrogens with one attached hydrogen (secondary N) is 1. The molecule has 0 bridgehead atoms. The molecule has 0 unspecified atom stereocenters. The lowest BCUT2D eigenvalue weighted by molar-refractivity contribution is -0.128. The van der Waals surface area contributed by atoms with Gasteiger partial charge in [0.1, 0.15) is 5.75 Å². The summed E-state index contributed by atoms with van der Waals surface area (Å²) < 4.78 is 5.14. The van der Waals surface area contributed by atoms with Gasteiger partial charge in [-0.15, -0.1) is 0 Å². The van der Waals surface area contributed by atoms with Crippen molar-refractivity contribution in [2.24, 2.45) is 5.92 Å². The number of anilines is 1. The maximum Gasteiger partial charge on any atom is 0.229 e. The van der Waals surface area contributed by atoms with Crippen LogP contribution in [0.25, 0.3) is 0 Å². The first-order valence-corrected chi connectivity index (χ1v) is 8.33. The number of methoxy groups -OCH3 is 1. The molecule has 25 heavy (non-hydrogen) atoms. The highest BCUT2D eigenvalue weighted by atomic mass is 16.5. The van der Waals surface area contributed by atoms with Gasteiger partial charge in [0, 0.05) is 25.2 Å². The molecule has 130 valence electrons. The lowest BCUT2D eigenvalue weighted by Gasteiger charge is -2.17. The summed E-state index contributed by atoms with van der Waals surface area (Å²) in [6.45, 7) is 2.94. The standard InChI is InChI=1S/C20H22N2O3/c1-14-4-3-5-17(10-14)21-20(24)16-11-19(23)22(13-16)12-15-6-8-18(25-2)9-7-15/h3-10,16H,11-13H2,1-2H3,(H,21,24)/t16-/m0/s1. The van der Waals surface area contributed by atoms with E-state index in [1.807, 2.05) is 55.5 Å². The van der Waals surface area contributed by atoms with Gasteiger partial charge in [-0.25, -0.2) is 0 Å². The highest BCUT2D eigenvalue weighted by Gasteiger charge is 2.34. The van der Waals surface area contributed by atoms with Crippen molar-refractivity contribution in [1.29, 1.82) is 0 Å². The van der Waals surface area contributed by atoms with E-state index in [1.54, 1.807) is 12.0 Å². The molecule has 0 saturated carbocycles. The van der Waals surface area contributed by atoms with Crippen LogP contribution in [0.4, 0.5) is 5.69 Å². The molecule has 1 heterocycles. The lowest BCUT2D eigenvalue weighted by Crippen LogP contribution is -2.28. The van der Waals surface area contributed by atoms with Crippen molar-refractivity contribution in [3.05, 3.63) is 59.7 Å². The van der Waals surface area contributed by atoms with Crippen molar-refractivity contribution in [3.63, 3.8) is 0 Å². The summed E-state index contributed by atoms with van der Waals surface area (Å²) in [4.78, 5) is 26.4. The zero-order valence-corrected chi connectivity index (χ0v) is 14.5. The van der Waals surface area contributed by atoms with E-state index in [2.05, 4.69) is 5.32 Å². The Kier molecular flexibility index (Phi) is 5.03. The summed E-state index contributed by atoms with van der Waals surface area (Å²) in [6.07, 6.45) is 0.258. The molecule has 5 heteroatoms. The first kappa shape index (κ1) is 17.0. The van der Waals surface area contributed by atoms with Gasteiger partial charge in [0.2, 0.25) is 11.8 Å². The Bertz CT molecular complexity index is 771. The third kappa shape index (κ3) is 4.18. The summed E-state index contributed by atoms with van der Waals surface area (Å²) in [5, 5.41) is 2.91. The van der Waals surface area contributed by atoms with E-state index < -0.39 is 0 Å². The SMILES string of the molecule is COc1ccc(CN2C[C@@H](C(=O)Nc3cccc(C)c3)CC2=O)cc1. The molecule has 0 aromatic heterocycles. The number of rotatable bonds is 5. The van der Waals surface area contributed by atoms with E-state index >= 15 is 0 Å². The molecule has 0 aliphatic carbocycles. The molecule has 2 aromatic carbocycles. The van der Waals surface area contributed by atoms with Gasteiger partial charge in [-0.3, -0.25) is 9.59 Å². The van der Waals surface area contributed by atoms with Gasteiger partial charge < -0.3 is 15.0 Å². The molecule has 1 saturated heterocycles. The van der Waals surface area contributed by atoms with E-state index in [4.69, 9.17) is 4.74 Å². The highest BCUT2D eigenvalue weighted by molar-refractivity contribution is 5.97. The van der Waals surface area contributed by atoms with Crippen molar-refractivity contribution < 1.29 is 14.3 Å². The minimum absolute atomic E-state index is 0.0141. The summed E-state index contributed by atoms with van der Waals surface area (Å²) in [5.41, 5.74) is 2.88. The molecule has 2 amide bonds. The van der Waals surface area contributed by atoms with Gasteiger partial charge >= 0.3 is 0 Å². The number of aryl methyl sites for hydroxylation is 1. The molecule has 0 radical (unpaired) electrons. The van der Waals surface area contributed by atoms with E-state index in [1.165, 1.54) is 0 Å². The Labute approximate surface area is 147 Å². The summed E-state index contributed by atoms with van der Waals surface area (Å²) in [5.74, 6) is 0.384. The van der Waals surface area contributed by atoms with E-state index in [0.29, 0.717) is 13.1 Å². The number of amides is 2. The largest absolute Gasteiger partial charge is 0.497 e. The van der Waals surface area contributed by atoms with Gasteiger partial charge in [0.25, 0.3) is 0 Å². The number of hydrogen-bond acceptors (Lipinski definition) is 3. The van der Waals surface area contributed by atoms with Crippen LogP contribution in [-0.4, -0.2) is 30.4 Å². The van der Waals surface area contributed by atoms with Crippen molar-refractivity contribution in [2.75, 3.05) is 19.0 Å². The van der Waals surface area contributed by atoms with Crippen molar-refractivity contribution in [3.8, 4) is 5.75 Å². The summed E-state index contributed by atoms with van der Waals surface area (Å²) in [7, 11) is 1.62. The Balaban J connectivity index is 1.60. The molecular weight excluding hydrogens is 316 g/mol. The Hall–Kier alpha value is -2.82. The average molecular weight is 338 g/mol. The quantitative estimate of drug-likeness (QED) is 0.912. The Morgan fingerprint density at radius 1 is 1.24 bits per heavy atom. The van der Waals surface area contributed by atoms with Crippen LogP contribution >= 0.6 is 0 Å². The van der Waals surface area contributed by atoms with E-state index in [-0.39, 0.29) is 24.2 Å². The molecule has 5 nitrogen and oxygen atoms in total. The first-order chi connectivity index (χ1) is 12.0. The predicted octanol–water partition coefficient (Wildman–Crippen LogP) is 2.99. The maximum absolute atomic E-state index is 12.4. The van der Waals surface area contributed by atoms with Crippen molar-refractivity contribution in [1.82, 2.24) is 4.90 Å². The number of ether oxygens (including phenoxy) is 1. The van der Waals surface area contributed by atoms with E-state index in [0.717, 1.165) is 22.6 Å². The maximum atomic E-state index is 12.4. The Morgan fingerprint density at radius 3 is 2.68 bits per heavy atom. The van der Waals surface area contributed by atoms with Gasteiger partial charge in [0.15, 0.2) is 0 Å². The van der Waals surface area contributed by atoms with Gasteiger partial charge in [-0.05, 0) is 42.3 Å².